The first-order valence-corrected chi connectivity index (χ1v) is 9.33. The molecule has 0 aliphatic heterocycles. The van der Waals surface area contributed by atoms with Crippen LogP contribution < -0.4 is 10.1 Å². The molecule has 0 atom stereocenters. The number of para-hydroxylation sites is 1. The topological polar surface area (TPSA) is 89.9 Å². The van der Waals surface area contributed by atoms with Gasteiger partial charge < -0.3 is 4.74 Å². The summed E-state index contributed by atoms with van der Waals surface area (Å²) in [7, 11) is 1.50. The second-order valence-electron chi connectivity index (χ2n) is 5.41. The summed E-state index contributed by atoms with van der Waals surface area (Å²) in [6, 6.07) is 7.83. The number of anilines is 1. The van der Waals surface area contributed by atoms with E-state index < -0.39 is 0 Å². The lowest BCUT2D eigenvalue weighted by Gasteiger charge is -2.10. The van der Waals surface area contributed by atoms with Crippen LogP contribution in [0.15, 0.2) is 36.0 Å². The van der Waals surface area contributed by atoms with Crippen LogP contribution in [0.1, 0.15) is 16.1 Å². The van der Waals surface area contributed by atoms with Gasteiger partial charge in [-0.15, -0.1) is 16.4 Å². The zero-order valence-corrected chi connectivity index (χ0v) is 15.5. The van der Waals surface area contributed by atoms with Gasteiger partial charge in [-0.1, -0.05) is 17.2 Å². The van der Waals surface area contributed by atoms with Gasteiger partial charge in [-0.05, 0) is 36.0 Å². The molecule has 0 spiro atoms. The molecule has 0 aliphatic carbocycles. The number of carbonyl (C=O) groups is 1. The highest BCUT2D eigenvalue weighted by atomic mass is 32.1. The number of thiazole rings is 1. The maximum atomic E-state index is 12.8. The average molecular weight is 383 g/mol. The number of aromatic nitrogens is 4. The van der Waals surface area contributed by atoms with Gasteiger partial charge >= 0.3 is 0 Å². The molecule has 26 heavy (non-hydrogen) atoms. The highest BCUT2D eigenvalue weighted by molar-refractivity contribution is 7.17. The lowest BCUT2D eigenvalue weighted by molar-refractivity contribution is 0.102. The van der Waals surface area contributed by atoms with Crippen LogP contribution in [0.2, 0.25) is 0 Å². The molecule has 1 N–H and O–H groups in total. The SMILES string of the molecule is COc1nnc(NC(=O)c2cnc(C)cc2-c2cccc3scnc23)s1. The maximum absolute atomic E-state index is 12.8. The standard InChI is InChI=1S/C17H13N5O2S2/c1-9-6-11(10-4-3-5-13-14(10)19-8-25-13)12(7-18-9)15(23)20-16-21-22-17(24-2)26-16/h3-8H,1-2H3,(H,20,21,23). The molecule has 130 valence electrons. The van der Waals surface area contributed by atoms with E-state index in [2.05, 4.69) is 25.5 Å². The third-order valence-electron chi connectivity index (χ3n) is 3.74. The summed E-state index contributed by atoms with van der Waals surface area (Å²) in [6.45, 7) is 1.89. The summed E-state index contributed by atoms with van der Waals surface area (Å²) in [6.07, 6.45) is 1.57. The van der Waals surface area contributed by atoms with Gasteiger partial charge in [0, 0.05) is 17.5 Å². The Hall–Kier alpha value is -2.91. The van der Waals surface area contributed by atoms with Gasteiger partial charge in [0.2, 0.25) is 5.13 Å². The van der Waals surface area contributed by atoms with Crippen molar-refractivity contribution in [1.29, 1.82) is 0 Å². The maximum Gasteiger partial charge on any atom is 0.295 e. The van der Waals surface area contributed by atoms with Crippen LogP contribution in [0.25, 0.3) is 21.3 Å². The molecule has 0 bridgehead atoms. The quantitative estimate of drug-likeness (QED) is 0.577. The number of nitrogens with zero attached hydrogens (tertiary/aromatic N) is 4. The van der Waals surface area contributed by atoms with E-state index in [0.717, 1.165) is 38.4 Å². The first-order chi connectivity index (χ1) is 12.7. The number of hydrogen-bond acceptors (Lipinski definition) is 8. The van der Waals surface area contributed by atoms with Gasteiger partial charge in [0.25, 0.3) is 11.1 Å². The number of fused-ring (bicyclic) bond motifs is 1. The van der Waals surface area contributed by atoms with E-state index in [1.807, 2.05) is 31.2 Å². The first-order valence-electron chi connectivity index (χ1n) is 7.64. The van der Waals surface area contributed by atoms with Crippen molar-refractivity contribution >= 4 is 43.9 Å². The Kier molecular flexibility index (Phi) is 4.31. The minimum Gasteiger partial charge on any atom is -0.472 e. The number of nitrogens with one attached hydrogen (secondary N) is 1. The van der Waals surface area contributed by atoms with Crippen molar-refractivity contribution in [2.75, 3.05) is 12.4 Å². The van der Waals surface area contributed by atoms with E-state index in [0.29, 0.717) is 15.9 Å². The number of pyridine rings is 1. The molecule has 4 rings (SSSR count). The number of rotatable bonds is 4. The van der Waals surface area contributed by atoms with Crippen LogP contribution in [-0.2, 0) is 0 Å². The number of benzene rings is 1. The zero-order valence-electron chi connectivity index (χ0n) is 13.9. The average Bonchev–Trinajstić information content (AvgIpc) is 3.30. The van der Waals surface area contributed by atoms with Crippen LogP contribution in [0, 0.1) is 6.92 Å². The van der Waals surface area contributed by atoms with E-state index in [1.165, 1.54) is 7.11 Å². The summed E-state index contributed by atoms with van der Waals surface area (Å²) in [5.74, 6) is -0.307. The van der Waals surface area contributed by atoms with Gasteiger partial charge in [0.1, 0.15) is 0 Å². The smallest absolute Gasteiger partial charge is 0.295 e. The van der Waals surface area contributed by atoms with Crippen molar-refractivity contribution in [1.82, 2.24) is 20.2 Å². The number of amides is 1. The molecule has 7 nitrogen and oxygen atoms in total. The van der Waals surface area contributed by atoms with Crippen molar-refractivity contribution in [3.8, 4) is 16.3 Å². The Morgan fingerprint density at radius 1 is 1.19 bits per heavy atom. The highest BCUT2D eigenvalue weighted by Crippen LogP contribution is 2.32. The fourth-order valence-corrected chi connectivity index (χ4v) is 3.83. The van der Waals surface area contributed by atoms with Gasteiger partial charge in [-0.2, -0.15) is 0 Å². The Balaban J connectivity index is 1.77. The lowest BCUT2D eigenvalue weighted by Crippen LogP contribution is -2.14. The van der Waals surface area contributed by atoms with E-state index in [4.69, 9.17) is 4.74 Å². The number of hydrogen-bond donors (Lipinski definition) is 1. The van der Waals surface area contributed by atoms with Crippen molar-refractivity contribution in [3.05, 3.63) is 47.2 Å². The minimum absolute atomic E-state index is 0.307. The van der Waals surface area contributed by atoms with E-state index in [1.54, 1.807) is 23.0 Å². The molecule has 3 aromatic heterocycles. The van der Waals surface area contributed by atoms with Crippen molar-refractivity contribution in [3.63, 3.8) is 0 Å². The molecule has 3 heterocycles. The van der Waals surface area contributed by atoms with Gasteiger partial charge in [-0.25, -0.2) is 4.98 Å². The Morgan fingerprint density at radius 2 is 2.08 bits per heavy atom. The largest absolute Gasteiger partial charge is 0.472 e. The molecule has 0 radical (unpaired) electrons. The van der Waals surface area contributed by atoms with Gasteiger partial charge in [-0.3, -0.25) is 15.1 Å². The third-order valence-corrected chi connectivity index (χ3v) is 5.33. The highest BCUT2D eigenvalue weighted by Gasteiger charge is 2.18. The number of aryl methyl sites for hydroxylation is 1. The van der Waals surface area contributed by atoms with E-state index in [9.17, 15) is 4.79 Å². The van der Waals surface area contributed by atoms with Crippen LogP contribution in [0.5, 0.6) is 5.19 Å². The number of methoxy groups -OCH3 is 1. The summed E-state index contributed by atoms with van der Waals surface area (Å²) in [4.78, 5) is 21.6. The second kappa shape index (κ2) is 6.77. The molecule has 9 heteroatoms. The third kappa shape index (κ3) is 3.02. The molecule has 1 amide bonds. The van der Waals surface area contributed by atoms with E-state index >= 15 is 0 Å². The normalized spacial score (nSPS) is 10.8. The van der Waals surface area contributed by atoms with Crippen LogP contribution in [0.4, 0.5) is 5.13 Å². The van der Waals surface area contributed by atoms with E-state index in [-0.39, 0.29) is 5.91 Å². The number of carbonyl (C=O) groups excluding carboxylic acids is 1. The Labute approximate surface area is 156 Å². The summed E-state index contributed by atoms with van der Waals surface area (Å²) in [5, 5.41) is 11.2. The molecule has 4 aromatic rings. The van der Waals surface area contributed by atoms with Crippen LogP contribution in [0.3, 0.4) is 0 Å². The lowest BCUT2D eigenvalue weighted by atomic mass is 9.99. The summed E-state index contributed by atoms with van der Waals surface area (Å²) < 4.78 is 6.07. The molecule has 0 saturated carbocycles. The van der Waals surface area contributed by atoms with Crippen molar-refractivity contribution in [2.45, 2.75) is 6.92 Å². The summed E-state index contributed by atoms with van der Waals surface area (Å²) in [5.41, 5.74) is 5.62. The predicted molar refractivity (Wildman–Crippen MR) is 102 cm³/mol. The predicted octanol–water partition coefficient (Wildman–Crippen LogP) is 3.78. The first kappa shape index (κ1) is 16.6. The number of ether oxygens (including phenoxy) is 1. The molecule has 0 aliphatic rings. The van der Waals surface area contributed by atoms with Crippen molar-refractivity contribution < 1.29 is 9.53 Å². The molecule has 1 aromatic carbocycles. The fraction of sp³-hybridized carbons (Fsp3) is 0.118. The molecule has 0 unspecified atom stereocenters. The monoisotopic (exact) mass is 383 g/mol. The van der Waals surface area contributed by atoms with Gasteiger partial charge in [0.15, 0.2) is 0 Å². The van der Waals surface area contributed by atoms with Crippen molar-refractivity contribution in [2.24, 2.45) is 0 Å². The minimum atomic E-state index is -0.307. The molecular formula is C17H13N5O2S2. The summed E-state index contributed by atoms with van der Waals surface area (Å²) >= 11 is 2.72. The fourth-order valence-electron chi connectivity index (χ4n) is 2.57. The van der Waals surface area contributed by atoms with Crippen LogP contribution >= 0.6 is 22.7 Å². The molecule has 0 fully saturated rings. The zero-order chi connectivity index (χ0) is 18.1. The second-order valence-corrected chi connectivity index (χ2v) is 7.23. The van der Waals surface area contributed by atoms with Gasteiger partial charge in [0.05, 0.1) is 28.4 Å². The Bertz CT molecular complexity index is 1110. The van der Waals surface area contributed by atoms with Crippen LogP contribution in [-0.4, -0.2) is 33.2 Å². The molecular weight excluding hydrogens is 370 g/mol. The Morgan fingerprint density at radius 3 is 2.88 bits per heavy atom. The molecule has 0 saturated heterocycles.